The number of hydrogen-bond acceptors (Lipinski definition) is 4. The molecule has 98 valence electrons. The molecule has 0 fully saturated rings. The highest BCUT2D eigenvalue weighted by molar-refractivity contribution is 6.33. The number of aromatic nitrogens is 1. The molecule has 6 heteroatoms. The van der Waals surface area contributed by atoms with E-state index in [1.807, 2.05) is 0 Å². The summed E-state index contributed by atoms with van der Waals surface area (Å²) in [6.07, 6.45) is 3.08. The highest BCUT2D eigenvalue weighted by Crippen LogP contribution is 2.15. The maximum atomic E-state index is 12.0. The van der Waals surface area contributed by atoms with E-state index in [2.05, 4.69) is 4.98 Å². The number of pyridine rings is 1. The van der Waals surface area contributed by atoms with E-state index in [1.165, 1.54) is 17.3 Å². The van der Waals surface area contributed by atoms with Crippen LogP contribution in [0.1, 0.15) is 23.7 Å². The fourth-order valence-electron chi connectivity index (χ4n) is 1.33. The number of nitrogens with zero attached hydrogens (tertiary/aromatic N) is 2. The molecular formula is C12H15ClN2O3. The highest BCUT2D eigenvalue weighted by Gasteiger charge is 2.16. The topological polar surface area (TPSA) is 59.5 Å². The van der Waals surface area contributed by atoms with E-state index in [-0.39, 0.29) is 24.8 Å². The smallest absolute Gasteiger partial charge is 0.307 e. The maximum Gasteiger partial charge on any atom is 0.307 e. The lowest BCUT2D eigenvalue weighted by Crippen LogP contribution is -2.29. The molecule has 0 aliphatic rings. The second kappa shape index (κ2) is 6.96. The van der Waals surface area contributed by atoms with E-state index >= 15 is 0 Å². The van der Waals surface area contributed by atoms with E-state index < -0.39 is 0 Å². The van der Waals surface area contributed by atoms with Gasteiger partial charge in [-0.3, -0.25) is 14.6 Å². The molecule has 1 heterocycles. The SMILES string of the molecule is CCOC(=O)CCN(C)C(=O)c1cnccc1Cl. The Morgan fingerprint density at radius 2 is 2.22 bits per heavy atom. The number of esters is 1. The summed E-state index contributed by atoms with van der Waals surface area (Å²) in [5.74, 6) is -0.591. The molecule has 0 aliphatic carbocycles. The molecule has 0 radical (unpaired) electrons. The van der Waals surface area contributed by atoms with Gasteiger partial charge in [0.2, 0.25) is 0 Å². The molecule has 0 spiro atoms. The van der Waals surface area contributed by atoms with Gasteiger partial charge >= 0.3 is 5.97 Å². The molecular weight excluding hydrogens is 256 g/mol. The molecule has 1 aromatic heterocycles. The number of carbonyl (C=O) groups excluding carboxylic acids is 2. The summed E-state index contributed by atoms with van der Waals surface area (Å²) in [5, 5.41) is 0.345. The quantitative estimate of drug-likeness (QED) is 0.765. The Morgan fingerprint density at radius 3 is 2.83 bits per heavy atom. The first-order chi connectivity index (χ1) is 8.56. The monoisotopic (exact) mass is 270 g/mol. The molecule has 0 unspecified atom stereocenters. The zero-order valence-corrected chi connectivity index (χ0v) is 11.1. The van der Waals surface area contributed by atoms with Crippen molar-refractivity contribution in [3.05, 3.63) is 29.0 Å². The summed E-state index contributed by atoms with van der Waals surface area (Å²) in [6, 6.07) is 1.55. The van der Waals surface area contributed by atoms with Gasteiger partial charge in [0.25, 0.3) is 5.91 Å². The molecule has 0 saturated heterocycles. The van der Waals surface area contributed by atoms with Crippen LogP contribution in [0.3, 0.4) is 0 Å². The van der Waals surface area contributed by atoms with Gasteiger partial charge in [-0.15, -0.1) is 0 Å². The molecule has 0 aliphatic heterocycles. The second-order valence-electron chi connectivity index (χ2n) is 3.64. The number of amides is 1. The number of ether oxygens (including phenoxy) is 1. The summed E-state index contributed by atoms with van der Waals surface area (Å²) in [4.78, 5) is 28.4. The van der Waals surface area contributed by atoms with Gasteiger partial charge in [-0.25, -0.2) is 0 Å². The summed E-state index contributed by atoms with van der Waals surface area (Å²) in [5.41, 5.74) is 0.325. The van der Waals surface area contributed by atoms with Gasteiger partial charge < -0.3 is 9.64 Å². The second-order valence-corrected chi connectivity index (χ2v) is 4.04. The van der Waals surface area contributed by atoms with Crippen LogP contribution < -0.4 is 0 Å². The lowest BCUT2D eigenvalue weighted by Gasteiger charge is -2.16. The molecule has 0 bridgehead atoms. The van der Waals surface area contributed by atoms with E-state index in [1.54, 1.807) is 20.0 Å². The van der Waals surface area contributed by atoms with Gasteiger partial charge in [-0.05, 0) is 13.0 Å². The molecule has 0 atom stereocenters. The van der Waals surface area contributed by atoms with Crippen molar-refractivity contribution < 1.29 is 14.3 Å². The first-order valence-electron chi connectivity index (χ1n) is 5.56. The van der Waals surface area contributed by atoms with E-state index in [4.69, 9.17) is 16.3 Å². The van der Waals surface area contributed by atoms with Crippen molar-refractivity contribution in [2.24, 2.45) is 0 Å². The van der Waals surface area contributed by atoms with Crippen molar-refractivity contribution in [3.8, 4) is 0 Å². The number of rotatable bonds is 5. The van der Waals surface area contributed by atoms with E-state index in [9.17, 15) is 9.59 Å². The van der Waals surface area contributed by atoms with Crippen LogP contribution in [-0.4, -0.2) is 42.0 Å². The van der Waals surface area contributed by atoms with Gasteiger partial charge in [-0.2, -0.15) is 0 Å². The van der Waals surface area contributed by atoms with Crippen LogP contribution in [0.2, 0.25) is 5.02 Å². The van der Waals surface area contributed by atoms with Gasteiger partial charge in [0.15, 0.2) is 0 Å². The first kappa shape index (κ1) is 14.4. The third-order valence-electron chi connectivity index (χ3n) is 2.30. The zero-order chi connectivity index (χ0) is 13.5. The summed E-state index contributed by atoms with van der Waals surface area (Å²) >= 11 is 5.90. The van der Waals surface area contributed by atoms with Gasteiger partial charge in [0.05, 0.1) is 23.6 Å². The van der Waals surface area contributed by atoms with Gasteiger partial charge in [0.1, 0.15) is 0 Å². The Balaban J connectivity index is 2.57. The molecule has 0 N–H and O–H groups in total. The van der Waals surface area contributed by atoms with Gasteiger partial charge in [-0.1, -0.05) is 11.6 Å². The van der Waals surface area contributed by atoms with Gasteiger partial charge in [0, 0.05) is 26.0 Å². The van der Waals surface area contributed by atoms with Crippen molar-refractivity contribution in [2.45, 2.75) is 13.3 Å². The average molecular weight is 271 g/mol. The van der Waals surface area contributed by atoms with Crippen molar-refractivity contribution in [1.29, 1.82) is 0 Å². The third-order valence-corrected chi connectivity index (χ3v) is 2.63. The standard InChI is InChI=1S/C12H15ClN2O3/c1-3-18-11(16)5-7-15(2)12(17)9-8-14-6-4-10(9)13/h4,6,8H,3,5,7H2,1-2H3. The Hall–Kier alpha value is -1.62. The van der Waals surface area contributed by atoms with Crippen molar-refractivity contribution in [1.82, 2.24) is 9.88 Å². The summed E-state index contributed by atoms with van der Waals surface area (Å²) in [6.45, 7) is 2.36. The number of carbonyl (C=O) groups is 2. The molecule has 1 rings (SSSR count). The Morgan fingerprint density at radius 1 is 1.50 bits per heavy atom. The average Bonchev–Trinajstić information content (AvgIpc) is 2.36. The van der Waals surface area contributed by atoms with Crippen LogP contribution in [-0.2, 0) is 9.53 Å². The summed E-state index contributed by atoms with van der Waals surface area (Å²) < 4.78 is 4.79. The van der Waals surface area contributed by atoms with E-state index in [0.717, 1.165) is 0 Å². The first-order valence-corrected chi connectivity index (χ1v) is 5.94. The number of hydrogen-bond donors (Lipinski definition) is 0. The lowest BCUT2D eigenvalue weighted by atomic mass is 10.2. The van der Waals surface area contributed by atoms with Crippen LogP contribution in [0.4, 0.5) is 0 Å². The van der Waals surface area contributed by atoms with Crippen molar-refractivity contribution in [3.63, 3.8) is 0 Å². The fraction of sp³-hybridized carbons (Fsp3) is 0.417. The maximum absolute atomic E-state index is 12.0. The van der Waals surface area contributed by atoms with Crippen LogP contribution in [0, 0.1) is 0 Å². The largest absolute Gasteiger partial charge is 0.466 e. The highest BCUT2D eigenvalue weighted by atomic mass is 35.5. The molecule has 1 aromatic rings. The minimum Gasteiger partial charge on any atom is -0.466 e. The van der Waals surface area contributed by atoms with Crippen molar-refractivity contribution in [2.75, 3.05) is 20.2 Å². The number of halogens is 1. The van der Waals surface area contributed by atoms with E-state index in [0.29, 0.717) is 17.2 Å². The third kappa shape index (κ3) is 4.00. The normalized spacial score (nSPS) is 9.94. The predicted molar refractivity (Wildman–Crippen MR) is 67.5 cm³/mol. The van der Waals surface area contributed by atoms with Crippen LogP contribution in [0.5, 0.6) is 0 Å². The molecule has 0 aromatic carbocycles. The lowest BCUT2D eigenvalue weighted by molar-refractivity contribution is -0.143. The van der Waals surface area contributed by atoms with Crippen LogP contribution in [0.25, 0.3) is 0 Å². The summed E-state index contributed by atoms with van der Waals surface area (Å²) in [7, 11) is 1.60. The Kier molecular flexibility index (Phi) is 5.58. The Labute approximate surface area is 111 Å². The zero-order valence-electron chi connectivity index (χ0n) is 10.4. The molecule has 0 saturated carbocycles. The Bertz CT molecular complexity index is 437. The van der Waals surface area contributed by atoms with Crippen LogP contribution in [0.15, 0.2) is 18.5 Å². The van der Waals surface area contributed by atoms with Crippen LogP contribution >= 0.6 is 11.6 Å². The minimum atomic E-state index is -0.325. The minimum absolute atomic E-state index is 0.161. The predicted octanol–water partition coefficient (Wildman–Crippen LogP) is 1.76. The molecule has 18 heavy (non-hydrogen) atoms. The van der Waals surface area contributed by atoms with Crippen molar-refractivity contribution >= 4 is 23.5 Å². The molecule has 1 amide bonds. The molecule has 5 nitrogen and oxygen atoms in total. The fourth-order valence-corrected chi connectivity index (χ4v) is 1.52.